The Kier molecular flexibility index (Phi) is 3.53. The van der Waals surface area contributed by atoms with Crippen molar-refractivity contribution < 1.29 is 14.3 Å². The number of esters is 1. The lowest BCUT2D eigenvalue weighted by Crippen LogP contribution is -2.17. The van der Waals surface area contributed by atoms with Gasteiger partial charge in [-0.1, -0.05) is 0 Å². The average Bonchev–Trinajstić information content (AvgIpc) is 2.37. The number of hydrogen-bond acceptors (Lipinski definition) is 3. The van der Waals surface area contributed by atoms with Gasteiger partial charge >= 0.3 is 5.97 Å². The molecule has 0 unspecified atom stereocenters. The Morgan fingerprint density at radius 2 is 2.42 bits per heavy atom. The zero-order chi connectivity index (χ0) is 8.97. The monoisotopic (exact) mass is 172 g/mol. The summed E-state index contributed by atoms with van der Waals surface area (Å²) in [7, 11) is 0. The molecule has 0 N–H and O–H groups in total. The van der Waals surface area contributed by atoms with E-state index in [0.717, 1.165) is 13.0 Å². The number of rotatable bonds is 3. The molecule has 0 aromatic heterocycles. The lowest BCUT2D eigenvalue weighted by atomic mass is 9.99. The summed E-state index contributed by atoms with van der Waals surface area (Å²) in [5.41, 5.74) is 0. The highest BCUT2D eigenvalue weighted by molar-refractivity contribution is 5.69. The second kappa shape index (κ2) is 4.45. The smallest absolute Gasteiger partial charge is 0.306 e. The van der Waals surface area contributed by atoms with Crippen molar-refractivity contribution in [3.8, 4) is 0 Å². The van der Waals surface area contributed by atoms with Gasteiger partial charge in [0.1, 0.15) is 0 Å². The van der Waals surface area contributed by atoms with Gasteiger partial charge in [0.15, 0.2) is 0 Å². The van der Waals surface area contributed by atoms with Gasteiger partial charge in [-0.15, -0.1) is 0 Å². The molecule has 0 amide bonds. The van der Waals surface area contributed by atoms with Gasteiger partial charge in [0.25, 0.3) is 0 Å². The Labute approximate surface area is 73.0 Å². The van der Waals surface area contributed by atoms with E-state index >= 15 is 0 Å². The molecule has 0 aliphatic carbocycles. The molecule has 3 heteroatoms. The van der Waals surface area contributed by atoms with E-state index in [1.54, 1.807) is 0 Å². The van der Waals surface area contributed by atoms with E-state index in [1.165, 1.54) is 0 Å². The van der Waals surface area contributed by atoms with Crippen LogP contribution < -0.4 is 0 Å². The summed E-state index contributed by atoms with van der Waals surface area (Å²) in [5, 5.41) is 0. The Morgan fingerprint density at radius 3 is 2.92 bits per heavy atom. The Hall–Kier alpha value is -0.570. The highest BCUT2D eigenvalue weighted by atomic mass is 16.5. The molecule has 0 aromatic carbocycles. The Bertz CT molecular complexity index is 156. The van der Waals surface area contributed by atoms with Crippen molar-refractivity contribution in [2.75, 3.05) is 13.2 Å². The van der Waals surface area contributed by atoms with Crippen molar-refractivity contribution in [3.63, 3.8) is 0 Å². The normalized spacial score (nSPS) is 28.8. The summed E-state index contributed by atoms with van der Waals surface area (Å²) in [4.78, 5) is 11.1. The van der Waals surface area contributed by atoms with Crippen LogP contribution in [0.4, 0.5) is 0 Å². The van der Waals surface area contributed by atoms with Crippen molar-refractivity contribution in [2.24, 2.45) is 5.92 Å². The zero-order valence-corrected chi connectivity index (χ0v) is 7.71. The van der Waals surface area contributed by atoms with E-state index < -0.39 is 0 Å². The molecule has 1 aliphatic heterocycles. The van der Waals surface area contributed by atoms with Gasteiger partial charge in [-0.3, -0.25) is 4.79 Å². The molecular formula is C9H16O3. The summed E-state index contributed by atoms with van der Waals surface area (Å²) < 4.78 is 10.2. The summed E-state index contributed by atoms with van der Waals surface area (Å²) in [5.74, 6) is 0.267. The summed E-state index contributed by atoms with van der Waals surface area (Å²) in [6.07, 6.45) is 1.71. The highest BCUT2D eigenvalue weighted by Crippen LogP contribution is 2.23. The van der Waals surface area contributed by atoms with Gasteiger partial charge in [0.2, 0.25) is 0 Å². The molecule has 3 nitrogen and oxygen atoms in total. The molecule has 1 aliphatic rings. The van der Waals surface area contributed by atoms with Gasteiger partial charge in [-0.25, -0.2) is 0 Å². The minimum atomic E-state index is -0.0974. The summed E-state index contributed by atoms with van der Waals surface area (Å²) >= 11 is 0. The maximum atomic E-state index is 11.1. The SMILES string of the molecule is CCOC(=O)C[C@H]1CCO[C@H]1C. The number of ether oxygens (including phenoxy) is 2. The summed E-state index contributed by atoms with van der Waals surface area (Å²) in [6, 6.07) is 0. The first-order chi connectivity index (χ1) is 5.74. The molecule has 1 heterocycles. The topological polar surface area (TPSA) is 35.5 Å². The molecule has 70 valence electrons. The molecule has 0 aromatic rings. The van der Waals surface area contributed by atoms with E-state index in [9.17, 15) is 4.79 Å². The largest absolute Gasteiger partial charge is 0.466 e. The molecule has 12 heavy (non-hydrogen) atoms. The zero-order valence-electron chi connectivity index (χ0n) is 7.71. The first kappa shape index (κ1) is 9.52. The predicted octanol–water partition coefficient (Wildman–Crippen LogP) is 1.36. The molecule has 0 radical (unpaired) electrons. The third-order valence-corrected chi connectivity index (χ3v) is 2.27. The number of hydrogen-bond donors (Lipinski definition) is 0. The van der Waals surface area contributed by atoms with Crippen molar-refractivity contribution >= 4 is 5.97 Å². The van der Waals surface area contributed by atoms with Crippen molar-refractivity contribution in [1.29, 1.82) is 0 Å². The number of carbonyl (C=O) groups excluding carboxylic acids is 1. The molecule has 1 saturated heterocycles. The van der Waals surface area contributed by atoms with Crippen molar-refractivity contribution in [1.82, 2.24) is 0 Å². The molecule has 0 bridgehead atoms. The maximum Gasteiger partial charge on any atom is 0.306 e. The first-order valence-electron chi connectivity index (χ1n) is 4.51. The summed E-state index contributed by atoms with van der Waals surface area (Å²) in [6.45, 7) is 5.09. The van der Waals surface area contributed by atoms with Crippen molar-refractivity contribution in [2.45, 2.75) is 32.8 Å². The van der Waals surface area contributed by atoms with Crippen molar-refractivity contribution in [3.05, 3.63) is 0 Å². The minimum absolute atomic E-state index is 0.0974. The maximum absolute atomic E-state index is 11.1. The van der Waals surface area contributed by atoms with Crippen LogP contribution in [0.25, 0.3) is 0 Å². The molecular weight excluding hydrogens is 156 g/mol. The fourth-order valence-corrected chi connectivity index (χ4v) is 1.48. The van der Waals surface area contributed by atoms with E-state index in [0.29, 0.717) is 18.9 Å². The fraction of sp³-hybridized carbons (Fsp3) is 0.889. The number of carbonyl (C=O) groups is 1. The van der Waals surface area contributed by atoms with Gasteiger partial charge in [-0.05, 0) is 26.2 Å². The van der Waals surface area contributed by atoms with Crippen LogP contribution >= 0.6 is 0 Å². The van der Waals surface area contributed by atoms with Gasteiger partial charge < -0.3 is 9.47 Å². The van der Waals surface area contributed by atoms with Crippen LogP contribution in [-0.2, 0) is 14.3 Å². The van der Waals surface area contributed by atoms with Crippen LogP contribution in [0.2, 0.25) is 0 Å². The first-order valence-corrected chi connectivity index (χ1v) is 4.51. The lowest BCUT2D eigenvalue weighted by molar-refractivity contribution is -0.144. The molecule has 0 spiro atoms. The second-order valence-electron chi connectivity index (χ2n) is 3.13. The van der Waals surface area contributed by atoms with Gasteiger partial charge in [0.05, 0.1) is 19.1 Å². The van der Waals surface area contributed by atoms with Gasteiger partial charge in [0, 0.05) is 6.61 Å². The quantitative estimate of drug-likeness (QED) is 0.603. The highest BCUT2D eigenvalue weighted by Gasteiger charge is 2.26. The van der Waals surface area contributed by atoms with Crippen LogP contribution in [0.5, 0.6) is 0 Å². The van der Waals surface area contributed by atoms with Crippen LogP contribution in [0.15, 0.2) is 0 Å². The molecule has 1 rings (SSSR count). The van der Waals surface area contributed by atoms with E-state index in [1.807, 2.05) is 13.8 Å². The molecule has 2 atom stereocenters. The third kappa shape index (κ3) is 2.48. The van der Waals surface area contributed by atoms with E-state index in [-0.39, 0.29) is 12.1 Å². The predicted molar refractivity (Wildman–Crippen MR) is 44.8 cm³/mol. The van der Waals surface area contributed by atoms with Crippen LogP contribution in [0.1, 0.15) is 26.7 Å². The Balaban J connectivity index is 2.25. The minimum Gasteiger partial charge on any atom is -0.466 e. The van der Waals surface area contributed by atoms with Crippen LogP contribution in [0.3, 0.4) is 0 Å². The average molecular weight is 172 g/mol. The van der Waals surface area contributed by atoms with Gasteiger partial charge in [-0.2, -0.15) is 0 Å². The standard InChI is InChI=1S/C9H16O3/c1-3-11-9(10)6-8-4-5-12-7(8)2/h7-8H,3-6H2,1-2H3/t7-,8+/m0/s1. The van der Waals surface area contributed by atoms with Crippen LogP contribution in [0, 0.1) is 5.92 Å². The second-order valence-corrected chi connectivity index (χ2v) is 3.13. The Morgan fingerprint density at radius 1 is 1.67 bits per heavy atom. The lowest BCUT2D eigenvalue weighted by Gasteiger charge is -2.12. The van der Waals surface area contributed by atoms with E-state index in [4.69, 9.17) is 9.47 Å². The van der Waals surface area contributed by atoms with Crippen LogP contribution in [-0.4, -0.2) is 25.3 Å². The third-order valence-electron chi connectivity index (χ3n) is 2.27. The molecule has 0 saturated carbocycles. The van der Waals surface area contributed by atoms with E-state index in [2.05, 4.69) is 0 Å². The fourth-order valence-electron chi connectivity index (χ4n) is 1.48. The molecule has 1 fully saturated rings.